The lowest BCUT2D eigenvalue weighted by atomic mass is 10.1. The molecule has 39 heavy (non-hydrogen) atoms. The van der Waals surface area contributed by atoms with Gasteiger partial charge in [0.2, 0.25) is 0 Å². The highest BCUT2D eigenvalue weighted by molar-refractivity contribution is 7.98. The van der Waals surface area contributed by atoms with Crippen molar-refractivity contribution in [2.45, 2.75) is 104 Å². The molecule has 1 fully saturated rings. The molecule has 1 aliphatic rings. The van der Waals surface area contributed by atoms with E-state index in [1.54, 1.807) is 0 Å². The number of hydrogen-bond acceptors (Lipinski definition) is 5. The normalized spacial score (nSPS) is 15.2. The molecule has 2 atom stereocenters. The molecule has 1 saturated heterocycles. The van der Waals surface area contributed by atoms with Crippen molar-refractivity contribution in [2.75, 3.05) is 31.1 Å². The van der Waals surface area contributed by atoms with Crippen LogP contribution < -0.4 is 14.9 Å². The van der Waals surface area contributed by atoms with E-state index in [1.165, 1.54) is 37.7 Å². The van der Waals surface area contributed by atoms with Crippen LogP contribution in [0.1, 0.15) is 110 Å². The number of aryl methyl sites for hydroxylation is 1. The third-order valence-corrected chi connectivity index (χ3v) is 8.35. The number of hydrogen-bond donors (Lipinski definition) is 2. The maximum absolute atomic E-state index is 12.9. The van der Waals surface area contributed by atoms with E-state index in [-0.39, 0.29) is 6.04 Å². The molecule has 2 N–H and O–H groups in total. The van der Waals surface area contributed by atoms with Gasteiger partial charge in [-0.1, -0.05) is 66.2 Å². The van der Waals surface area contributed by atoms with Gasteiger partial charge in [-0.15, -0.1) is 0 Å². The second-order valence-corrected chi connectivity index (χ2v) is 12.0. The second kappa shape index (κ2) is 19.0. The zero-order chi connectivity index (χ0) is 29.3. The quantitative estimate of drug-likeness (QED) is 0.213. The molecule has 0 bridgehead atoms. The van der Waals surface area contributed by atoms with Gasteiger partial charge in [0, 0.05) is 36.3 Å². The summed E-state index contributed by atoms with van der Waals surface area (Å²) in [7, 11) is -2.49. The van der Waals surface area contributed by atoms with Crippen molar-refractivity contribution in [3.63, 3.8) is 0 Å². The number of anilines is 1. The maximum atomic E-state index is 12.9. The van der Waals surface area contributed by atoms with Crippen molar-refractivity contribution in [3.8, 4) is 0 Å². The summed E-state index contributed by atoms with van der Waals surface area (Å²) in [6, 6.07) is 7.88. The Kier molecular flexibility index (Phi) is 16.9. The summed E-state index contributed by atoms with van der Waals surface area (Å²) in [6.45, 7) is 22.1. The number of nitrogens with zero attached hydrogens (tertiary/aromatic N) is 3. The van der Waals surface area contributed by atoms with Crippen LogP contribution in [0.4, 0.5) is 5.82 Å². The molecule has 0 aliphatic carbocycles. The second-order valence-electron chi connectivity index (χ2n) is 9.89. The van der Waals surface area contributed by atoms with Crippen molar-refractivity contribution in [2.24, 2.45) is 0 Å². The van der Waals surface area contributed by atoms with Crippen LogP contribution in [0.2, 0.25) is 0 Å². The molecule has 0 saturated carbocycles. The smallest absolute Gasteiger partial charge is 0.147 e. The van der Waals surface area contributed by atoms with Gasteiger partial charge in [0.15, 0.2) is 0 Å². The molecule has 220 valence electrons. The van der Waals surface area contributed by atoms with Gasteiger partial charge >= 0.3 is 0 Å². The molecule has 3 rings (SSSR count). The Morgan fingerprint density at radius 3 is 2.21 bits per heavy atom. The van der Waals surface area contributed by atoms with Gasteiger partial charge in [-0.25, -0.2) is 18.9 Å². The van der Waals surface area contributed by atoms with Crippen molar-refractivity contribution in [1.82, 2.24) is 20.0 Å². The lowest BCUT2D eigenvalue weighted by molar-refractivity contribution is 0.528. The number of nitrogens with one attached hydrogen (secondary N) is 2. The molecule has 0 spiro atoms. The summed E-state index contributed by atoms with van der Waals surface area (Å²) in [5, 5.41) is 3.50. The highest BCUT2D eigenvalue weighted by Crippen LogP contribution is 2.27. The van der Waals surface area contributed by atoms with E-state index >= 15 is 0 Å². The topological polar surface area (TPSA) is 70.1 Å². The van der Waals surface area contributed by atoms with E-state index in [4.69, 9.17) is 4.98 Å². The summed E-state index contributed by atoms with van der Waals surface area (Å²) < 4.78 is 16.0. The van der Waals surface area contributed by atoms with E-state index in [1.807, 2.05) is 51.2 Å². The average Bonchev–Trinajstić information content (AvgIpc) is 2.98. The molecule has 1 aromatic carbocycles. The number of aromatic nitrogens is 2. The minimum atomic E-state index is -2.49. The molecular weight excluding hydrogens is 502 g/mol. The first kappa shape index (κ1) is 34.8. The molecule has 7 heteroatoms. The Bertz CT molecular complexity index is 1060. The minimum absolute atomic E-state index is 0.0263. The third kappa shape index (κ3) is 11.8. The largest absolute Gasteiger partial charge is 0.356 e. The van der Waals surface area contributed by atoms with Gasteiger partial charge in [-0.3, -0.25) is 0 Å². The summed E-state index contributed by atoms with van der Waals surface area (Å²) in [4.78, 5) is 12.7. The molecule has 0 radical (unpaired) electrons. The third-order valence-electron chi connectivity index (χ3n) is 6.64. The Morgan fingerprint density at radius 2 is 1.67 bits per heavy atom. The van der Waals surface area contributed by atoms with Gasteiger partial charge in [-0.2, -0.15) is 0 Å². The summed E-state index contributed by atoms with van der Waals surface area (Å²) >= 11 is 0. The van der Waals surface area contributed by atoms with E-state index in [2.05, 4.69) is 60.1 Å². The summed E-state index contributed by atoms with van der Waals surface area (Å²) in [6.07, 6.45) is 10.0. The number of piperidine rings is 1. The van der Waals surface area contributed by atoms with Crippen molar-refractivity contribution < 1.29 is 4.21 Å². The fourth-order valence-electron chi connectivity index (χ4n) is 4.01. The van der Waals surface area contributed by atoms with Crippen LogP contribution in [0.25, 0.3) is 5.57 Å². The van der Waals surface area contributed by atoms with Gasteiger partial charge in [0.1, 0.15) is 11.6 Å². The zero-order valence-corrected chi connectivity index (χ0v) is 26.6. The predicted molar refractivity (Wildman–Crippen MR) is 173 cm³/mol. The van der Waals surface area contributed by atoms with Crippen LogP contribution in [-0.2, 0) is 16.1 Å². The monoisotopic (exact) mass is 557 g/mol. The van der Waals surface area contributed by atoms with Crippen LogP contribution in [0.3, 0.4) is 0 Å². The van der Waals surface area contributed by atoms with Crippen molar-refractivity contribution >= 4 is 27.0 Å². The SMILES string of the molecule is C=C(C)c1cnc(C(C)NCCCNS(=C)(=O)c2ccc(CC)cc2)nc1N1CCCCC1.CC.CCCC. The van der Waals surface area contributed by atoms with Gasteiger partial charge in [-0.05, 0) is 81.6 Å². The first-order valence-corrected chi connectivity index (χ1v) is 16.7. The fourth-order valence-corrected chi connectivity index (χ4v) is 5.22. The van der Waals surface area contributed by atoms with Crippen LogP contribution >= 0.6 is 0 Å². The molecule has 6 nitrogen and oxygen atoms in total. The molecule has 0 amide bonds. The average molecular weight is 558 g/mol. The van der Waals surface area contributed by atoms with Crippen LogP contribution in [0, 0.1) is 0 Å². The van der Waals surface area contributed by atoms with Crippen LogP contribution in [0.15, 0.2) is 41.9 Å². The molecule has 1 aliphatic heterocycles. The van der Waals surface area contributed by atoms with Gasteiger partial charge in [0.05, 0.1) is 15.7 Å². The lowest BCUT2D eigenvalue weighted by Gasteiger charge is -2.30. The van der Waals surface area contributed by atoms with Gasteiger partial charge < -0.3 is 10.2 Å². The molecule has 2 unspecified atom stereocenters. The predicted octanol–water partition coefficient (Wildman–Crippen LogP) is 7.22. The molecule has 2 heterocycles. The first-order valence-electron chi connectivity index (χ1n) is 14.9. The van der Waals surface area contributed by atoms with Crippen molar-refractivity contribution in [1.29, 1.82) is 0 Å². The Morgan fingerprint density at radius 1 is 1.05 bits per heavy atom. The number of benzene rings is 1. The Balaban J connectivity index is 0.00000116. The molecule has 1 aromatic heterocycles. The highest BCUT2D eigenvalue weighted by Gasteiger charge is 2.19. The Labute approximate surface area is 240 Å². The first-order chi connectivity index (χ1) is 18.7. The standard InChI is InChI=1S/C26H39N5OS.C4H10.C2H6/c1-6-22-11-13-23(14-12-22)33(5,32)29-16-10-15-27-21(4)25-28-19-24(20(2)3)26(30-25)31-17-8-7-9-18-31;1-3-4-2;1-2/h11-14,19,21,27H,2,5-10,15-18H2,1,3-4H3,(H,29,32);3-4H2,1-2H3;1-2H3. The van der Waals surface area contributed by atoms with Crippen LogP contribution in [0.5, 0.6) is 0 Å². The number of allylic oxidation sites excluding steroid dienone is 1. The lowest BCUT2D eigenvalue weighted by Crippen LogP contribution is -2.32. The zero-order valence-electron chi connectivity index (χ0n) is 25.8. The number of rotatable bonds is 12. The Hall–Kier alpha value is -2.22. The summed E-state index contributed by atoms with van der Waals surface area (Å²) in [5.74, 6) is 5.72. The van der Waals surface area contributed by atoms with Crippen LogP contribution in [-0.4, -0.2) is 46.2 Å². The van der Waals surface area contributed by atoms with E-state index in [9.17, 15) is 4.21 Å². The summed E-state index contributed by atoms with van der Waals surface area (Å²) in [5.41, 5.74) is 3.26. The van der Waals surface area contributed by atoms with E-state index in [0.717, 1.165) is 60.2 Å². The van der Waals surface area contributed by atoms with E-state index < -0.39 is 9.71 Å². The molecular formula is C32H55N5OS. The molecule has 2 aromatic rings. The fraction of sp³-hybridized carbons (Fsp3) is 0.594. The maximum Gasteiger partial charge on any atom is 0.147 e. The minimum Gasteiger partial charge on any atom is -0.356 e. The van der Waals surface area contributed by atoms with Crippen molar-refractivity contribution in [3.05, 3.63) is 54.0 Å². The van der Waals surface area contributed by atoms with E-state index in [0.29, 0.717) is 6.54 Å². The number of unbranched alkanes of at least 4 members (excludes halogenated alkanes) is 1. The van der Waals surface area contributed by atoms with Gasteiger partial charge in [0.25, 0.3) is 0 Å². The highest BCUT2D eigenvalue weighted by atomic mass is 32.2.